The quantitative estimate of drug-likeness (QED) is 0.0869. The Morgan fingerprint density at radius 3 is 2.54 bits per heavy atom. The number of aliphatic carboxylic acids is 2. The van der Waals surface area contributed by atoms with Gasteiger partial charge in [-0.3, -0.25) is 24.2 Å². The molecule has 268 valence electrons. The van der Waals surface area contributed by atoms with Crippen LogP contribution < -0.4 is 11.1 Å². The fraction of sp³-hybridized carbons (Fsp3) is 0.433. The van der Waals surface area contributed by atoms with Crippen LogP contribution in [0.5, 0.6) is 11.5 Å². The molecule has 4 heterocycles. The number of oxime groups is 1. The number of aromatic nitrogens is 1. The number of carboxylic acid groups (broad SMARTS) is 2. The molecular weight excluding hydrogens is 718 g/mol. The first kappa shape index (κ1) is 36.7. The summed E-state index contributed by atoms with van der Waals surface area (Å²) in [5, 5.41) is 46.1. The highest BCUT2D eigenvalue weighted by atomic mass is 35.5. The number of anilines is 1. The third-order valence-corrected chi connectivity index (χ3v) is 10.8. The number of phenolic OH excluding ortho intramolecular Hbond substituents is 2. The van der Waals surface area contributed by atoms with Crippen LogP contribution in [-0.4, -0.2) is 130 Å². The van der Waals surface area contributed by atoms with Crippen molar-refractivity contribution in [3.8, 4) is 11.5 Å². The SMILES string of the molecule is C[C@H]1CCN(CC2=C(C(=O)O)N3C(=O)[C@@H](NC(=O)/C(=N\OC(C)(C)C(=O)O)c4csc(N)n4)[C@H]3SC2)CCN1C(=O)c1ccc(O)c(O)c1Cl. The number of nitrogens with two attached hydrogens (primary N) is 1. The van der Waals surface area contributed by atoms with E-state index >= 15 is 0 Å². The van der Waals surface area contributed by atoms with E-state index in [4.69, 9.17) is 22.2 Å². The van der Waals surface area contributed by atoms with Crippen LogP contribution in [0.3, 0.4) is 0 Å². The summed E-state index contributed by atoms with van der Waals surface area (Å²) in [6, 6.07) is 1.17. The number of benzene rings is 1. The van der Waals surface area contributed by atoms with Gasteiger partial charge in [-0.1, -0.05) is 16.8 Å². The number of amides is 3. The number of nitrogens with zero attached hydrogens (tertiary/aromatic N) is 5. The van der Waals surface area contributed by atoms with Gasteiger partial charge in [-0.2, -0.15) is 0 Å². The van der Waals surface area contributed by atoms with Gasteiger partial charge in [0.25, 0.3) is 17.7 Å². The number of fused-ring (bicyclic) bond motifs is 1. The monoisotopic (exact) mass is 751 g/mol. The lowest BCUT2D eigenvalue weighted by Gasteiger charge is -2.49. The van der Waals surface area contributed by atoms with Crippen LogP contribution in [0.4, 0.5) is 5.13 Å². The molecule has 50 heavy (non-hydrogen) atoms. The summed E-state index contributed by atoms with van der Waals surface area (Å²) in [6.45, 7) is 5.69. The predicted molar refractivity (Wildman–Crippen MR) is 182 cm³/mol. The Hall–Kier alpha value is -4.59. The normalized spacial score (nSPS) is 21.6. The molecule has 1 aromatic carbocycles. The van der Waals surface area contributed by atoms with Crippen LogP contribution >= 0.6 is 34.7 Å². The third kappa shape index (κ3) is 7.16. The summed E-state index contributed by atoms with van der Waals surface area (Å²) < 4.78 is 0. The number of thioether (sulfide) groups is 1. The van der Waals surface area contributed by atoms with E-state index in [1.807, 2.05) is 11.8 Å². The first-order chi connectivity index (χ1) is 23.5. The fourth-order valence-corrected chi connectivity index (χ4v) is 7.65. The van der Waals surface area contributed by atoms with Crippen LogP contribution in [-0.2, 0) is 24.0 Å². The number of aromatic hydroxyl groups is 2. The molecule has 0 radical (unpaired) electrons. The van der Waals surface area contributed by atoms with Crippen molar-refractivity contribution in [3.63, 3.8) is 0 Å². The molecule has 3 aliphatic heterocycles. The molecule has 20 heteroatoms. The summed E-state index contributed by atoms with van der Waals surface area (Å²) in [4.78, 5) is 78.0. The topological polar surface area (TPSA) is 249 Å². The van der Waals surface area contributed by atoms with E-state index in [0.717, 1.165) is 16.2 Å². The van der Waals surface area contributed by atoms with Gasteiger partial charge in [-0.25, -0.2) is 14.6 Å². The zero-order valence-corrected chi connectivity index (χ0v) is 29.3. The van der Waals surface area contributed by atoms with Crippen molar-refractivity contribution >= 4 is 75.2 Å². The number of thiazole rings is 1. The summed E-state index contributed by atoms with van der Waals surface area (Å²) in [5.74, 6) is -5.44. The van der Waals surface area contributed by atoms with E-state index in [0.29, 0.717) is 25.1 Å². The number of rotatable bonds is 10. The third-order valence-electron chi connectivity index (χ3n) is 8.45. The van der Waals surface area contributed by atoms with Crippen molar-refractivity contribution in [2.75, 3.05) is 37.7 Å². The van der Waals surface area contributed by atoms with E-state index in [-0.39, 0.29) is 52.0 Å². The van der Waals surface area contributed by atoms with Crippen molar-refractivity contribution in [1.82, 2.24) is 25.0 Å². The molecule has 0 aliphatic carbocycles. The predicted octanol–water partition coefficient (Wildman–Crippen LogP) is 1.35. The van der Waals surface area contributed by atoms with E-state index in [1.165, 1.54) is 43.1 Å². The molecule has 1 aromatic heterocycles. The summed E-state index contributed by atoms with van der Waals surface area (Å²) in [5.41, 5.74) is 3.84. The van der Waals surface area contributed by atoms with Crippen molar-refractivity contribution < 1.29 is 49.2 Å². The Kier molecular flexibility index (Phi) is 10.5. The number of hydrogen-bond acceptors (Lipinski definition) is 14. The average Bonchev–Trinajstić information content (AvgIpc) is 3.40. The lowest BCUT2D eigenvalue weighted by atomic mass is 10.0. The Morgan fingerprint density at radius 1 is 1.18 bits per heavy atom. The number of hydrogen-bond donors (Lipinski definition) is 6. The molecule has 3 atom stereocenters. The smallest absolute Gasteiger partial charge is 0.352 e. The highest BCUT2D eigenvalue weighted by Gasteiger charge is 2.54. The second-order valence-electron chi connectivity index (χ2n) is 12.2. The standard InChI is InChI=1S/C30H34ClN7O10S2/c1-13-6-7-36(8-9-37(13)24(42)15-4-5-17(39)22(40)18(15)31)10-14-11-49-26-20(25(43)38(26)21(14)27(44)45)34-23(41)19(16-12-50-29(32)33-16)35-48-30(2,3)28(46)47/h4-5,12-13,20,26,39-40H,6-11H2,1-3H3,(H2,32,33)(H,34,41)(H,44,45)(H,46,47)/b35-19-/t13-,20+,26+/m0/s1. The number of β-lactam (4-membered cyclic amide) rings is 1. The largest absolute Gasteiger partial charge is 0.504 e. The lowest BCUT2D eigenvalue weighted by molar-refractivity contribution is -0.161. The molecule has 0 spiro atoms. The fourth-order valence-electron chi connectivity index (χ4n) is 5.52. The molecule has 2 fully saturated rings. The van der Waals surface area contributed by atoms with Gasteiger partial charge in [0.1, 0.15) is 22.8 Å². The summed E-state index contributed by atoms with van der Waals surface area (Å²) in [6.07, 6.45) is 0.539. The zero-order chi connectivity index (χ0) is 36.7. The molecule has 5 rings (SSSR count). The maximum Gasteiger partial charge on any atom is 0.352 e. The maximum atomic E-state index is 13.4. The molecule has 17 nitrogen and oxygen atoms in total. The van der Waals surface area contributed by atoms with Crippen molar-refractivity contribution in [1.29, 1.82) is 0 Å². The average molecular weight is 752 g/mol. The first-order valence-corrected chi connectivity index (χ1v) is 17.5. The van der Waals surface area contributed by atoms with Crippen molar-refractivity contribution in [2.45, 2.75) is 50.3 Å². The van der Waals surface area contributed by atoms with Crippen LogP contribution in [0.15, 0.2) is 33.9 Å². The van der Waals surface area contributed by atoms with Gasteiger partial charge >= 0.3 is 11.9 Å². The number of carbonyl (C=O) groups is 5. The van der Waals surface area contributed by atoms with Crippen molar-refractivity contribution in [3.05, 3.63) is 45.1 Å². The van der Waals surface area contributed by atoms with Gasteiger partial charge in [0, 0.05) is 43.4 Å². The molecular formula is C30H34ClN7O10S2. The van der Waals surface area contributed by atoms with E-state index in [1.54, 1.807) is 4.90 Å². The second kappa shape index (κ2) is 14.3. The summed E-state index contributed by atoms with van der Waals surface area (Å²) >= 11 is 8.42. The lowest BCUT2D eigenvalue weighted by Crippen LogP contribution is -2.71. The Balaban J connectivity index is 1.29. The minimum atomic E-state index is -1.79. The Labute approximate surface area is 298 Å². The molecule has 3 amide bonds. The number of phenols is 2. The number of nitrogen functional groups attached to an aromatic ring is 1. The number of nitrogens with one attached hydrogen (secondary N) is 1. The molecule has 3 aliphatic rings. The number of carboxylic acids is 2. The molecule has 7 N–H and O–H groups in total. The van der Waals surface area contributed by atoms with Crippen LogP contribution in [0, 0.1) is 0 Å². The van der Waals surface area contributed by atoms with Gasteiger partial charge in [0.15, 0.2) is 22.3 Å². The Bertz CT molecular complexity index is 1820. The van der Waals surface area contributed by atoms with Crippen LogP contribution in [0.1, 0.15) is 43.2 Å². The van der Waals surface area contributed by atoms with E-state index in [9.17, 15) is 44.4 Å². The molecule has 0 unspecified atom stereocenters. The minimum Gasteiger partial charge on any atom is -0.504 e. The highest BCUT2D eigenvalue weighted by Crippen LogP contribution is 2.41. The van der Waals surface area contributed by atoms with Gasteiger partial charge in [0.05, 0.1) is 10.6 Å². The number of halogens is 1. The van der Waals surface area contributed by atoms with E-state index in [2.05, 4.69) is 15.5 Å². The Morgan fingerprint density at radius 2 is 1.90 bits per heavy atom. The highest BCUT2D eigenvalue weighted by molar-refractivity contribution is 8.00. The minimum absolute atomic E-state index is 0.00383. The van der Waals surface area contributed by atoms with Crippen molar-refractivity contribution in [2.24, 2.45) is 5.16 Å². The molecule has 0 saturated carbocycles. The van der Waals surface area contributed by atoms with Gasteiger partial charge < -0.3 is 41.2 Å². The molecule has 0 bridgehead atoms. The maximum absolute atomic E-state index is 13.4. The van der Waals surface area contributed by atoms with Gasteiger partial charge in [-0.05, 0) is 44.9 Å². The number of carbonyl (C=O) groups excluding carboxylic acids is 3. The van der Waals surface area contributed by atoms with E-state index < -0.39 is 63.9 Å². The van der Waals surface area contributed by atoms with Crippen LogP contribution in [0.25, 0.3) is 0 Å². The molecule has 2 saturated heterocycles. The first-order valence-electron chi connectivity index (χ1n) is 15.2. The summed E-state index contributed by atoms with van der Waals surface area (Å²) in [7, 11) is 0. The molecule has 2 aromatic rings. The zero-order valence-electron chi connectivity index (χ0n) is 27.0. The van der Waals surface area contributed by atoms with Gasteiger partial charge in [0.2, 0.25) is 5.60 Å². The van der Waals surface area contributed by atoms with Crippen LogP contribution in [0.2, 0.25) is 5.02 Å². The van der Waals surface area contributed by atoms with Gasteiger partial charge in [-0.15, -0.1) is 23.1 Å². The second-order valence-corrected chi connectivity index (χ2v) is 14.6.